The second-order valence-corrected chi connectivity index (χ2v) is 8.32. The fourth-order valence-corrected chi connectivity index (χ4v) is 4.35. The summed E-state index contributed by atoms with van der Waals surface area (Å²) < 4.78 is 5.53. The van der Waals surface area contributed by atoms with Crippen molar-refractivity contribution < 1.29 is 14.0 Å². The maximum atomic E-state index is 13.5. The van der Waals surface area contributed by atoms with Crippen LogP contribution in [-0.4, -0.2) is 54.3 Å². The summed E-state index contributed by atoms with van der Waals surface area (Å²) in [6.07, 6.45) is 3.81. The minimum absolute atomic E-state index is 0.0218. The summed E-state index contributed by atoms with van der Waals surface area (Å²) in [6, 6.07) is 11.9. The van der Waals surface area contributed by atoms with Gasteiger partial charge >= 0.3 is 0 Å². The van der Waals surface area contributed by atoms with Gasteiger partial charge in [0.1, 0.15) is 5.76 Å². The van der Waals surface area contributed by atoms with Gasteiger partial charge in [-0.2, -0.15) is 0 Å². The number of benzene rings is 1. The molecule has 0 spiro atoms. The highest BCUT2D eigenvalue weighted by atomic mass is 16.3. The molecule has 0 saturated carbocycles. The van der Waals surface area contributed by atoms with Crippen LogP contribution >= 0.6 is 0 Å². The van der Waals surface area contributed by atoms with Gasteiger partial charge in [0.2, 0.25) is 11.8 Å². The van der Waals surface area contributed by atoms with Crippen molar-refractivity contribution in [2.24, 2.45) is 5.92 Å². The lowest BCUT2D eigenvalue weighted by atomic mass is 9.99. The van der Waals surface area contributed by atoms with Crippen molar-refractivity contribution >= 4 is 17.5 Å². The monoisotopic (exact) mass is 395 g/mol. The van der Waals surface area contributed by atoms with Crippen molar-refractivity contribution in [1.29, 1.82) is 0 Å². The topological polar surface area (TPSA) is 57.0 Å². The highest BCUT2D eigenvalue weighted by Gasteiger charge is 2.39. The van der Waals surface area contributed by atoms with E-state index in [4.69, 9.17) is 4.42 Å². The van der Waals surface area contributed by atoms with Crippen LogP contribution < -0.4 is 4.90 Å². The Balaban J connectivity index is 1.50. The van der Waals surface area contributed by atoms with Crippen LogP contribution in [0.5, 0.6) is 0 Å². The molecule has 2 aliphatic heterocycles. The van der Waals surface area contributed by atoms with Gasteiger partial charge < -0.3 is 19.1 Å². The smallest absolute Gasteiger partial charge is 0.228 e. The van der Waals surface area contributed by atoms with Crippen molar-refractivity contribution in [3.63, 3.8) is 0 Å². The first-order valence-electron chi connectivity index (χ1n) is 10.4. The third kappa shape index (κ3) is 4.37. The van der Waals surface area contributed by atoms with Crippen molar-refractivity contribution in [1.82, 2.24) is 9.80 Å². The Morgan fingerprint density at radius 3 is 2.55 bits per heavy atom. The number of likely N-dealkylation sites (tertiary alicyclic amines) is 1. The van der Waals surface area contributed by atoms with E-state index in [-0.39, 0.29) is 30.2 Å². The summed E-state index contributed by atoms with van der Waals surface area (Å²) in [4.78, 5) is 32.2. The highest BCUT2D eigenvalue weighted by molar-refractivity contribution is 6.00. The summed E-state index contributed by atoms with van der Waals surface area (Å²) in [5.41, 5.74) is 2.02. The van der Waals surface area contributed by atoms with E-state index in [1.807, 2.05) is 48.2 Å². The molecule has 6 heteroatoms. The molecule has 154 valence electrons. The zero-order chi connectivity index (χ0) is 20.4. The average molecular weight is 396 g/mol. The van der Waals surface area contributed by atoms with Crippen LogP contribution in [0.3, 0.4) is 0 Å². The number of furan rings is 1. The summed E-state index contributed by atoms with van der Waals surface area (Å²) in [5.74, 6) is 0.572. The minimum atomic E-state index is -0.307. The zero-order valence-electron chi connectivity index (χ0n) is 17.2. The molecule has 1 aromatic carbocycles. The van der Waals surface area contributed by atoms with Crippen LogP contribution in [0.25, 0.3) is 0 Å². The molecule has 2 aliphatic rings. The molecule has 2 amide bonds. The van der Waals surface area contributed by atoms with E-state index in [2.05, 4.69) is 11.9 Å². The second kappa shape index (κ2) is 8.41. The Bertz CT molecular complexity index is 839. The predicted octanol–water partition coefficient (Wildman–Crippen LogP) is 3.06. The Kier molecular flexibility index (Phi) is 5.72. The fourth-order valence-electron chi connectivity index (χ4n) is 4.35. The molecule has 0 N–H and O–H groups in total. The summed E-state index contributed by atoms with van der Waals surface area (Å²) in [6.45, 7) is 4.89. The van der Waals surface area contributed by atoms with Crippen LogP contribution in [0.2, 0.25) is 0 Å². The molecule has 29 heavy (non-hydrogen) atoms. The number of carbonyl (C=O) groups excluding carboxylic acids is 2. The van der Waals surface area contributed by atoms with Crippen molar-refractivity contribution in [3.05, 3.63) is 54.0 Å². The molecule has 0 radical (unpaired) electrons. The molecule has 2 aromatic rings. The molecule has 1 atom stereocenters. The van der Waals surface area contributed by atoms with E-state index < -0.39 is 0 Å². The van der Waals surface area contributed by atoms with Gasteiger partial charge in [-0.15, -0.1) is 0 Å². The first-order valence-corrected chi connectivity index (χ1v) is 10.4. The molecule has 1 unspecified atom stereocenters. The van der Waals surface area contributed by atoms with E-state index in [0.717, 1.165) is 42.9 Å². The van der Waals surface area contributed by atoms with Crippen LogP contribution in [0, 0.1) is 12.8 Å². The molecular weight excluding hydrogens is 366 g/mol. The number of rotatable bonds is 5. The minimum Gasteiger partial charge on any atom is -0.467 e. The molecule has 2 fully saturated rings. The van der Waals surface area contributed by atoms with Crippen molar-refractivity contribution in [3.8, 4) is 0 Å². The van der Waals surface area contributed by atoms with Gasteiger partial charge in [0.05, 0.1) is 18.7 Å². The fraction of sp³-hybridized carbons (Fsp3) is 0.478. The van der Waals surface area contributed by atoms with Gasteiger partial charge in [0, 0.05) is 24.7 Å². The molecule has 3 heterocycles. The summed E-state index contributed by atoms with van der Waals surface area (Å²) in [5, 5.41) is 0. The summed E-state index contributed by atoms with van der Waals surface area (Å²) >= 11 is 0. The van der Waals surface area contributed by atoms with Crippen molar-refractivity contribution in [2.75, 3.05) is 31.6 Å². The van der Waals surface area contributed by atoms with E-state index in [0.29, 0.717) is 13.1 Å². The Morgan fingerprint density at radius 2 is 1.90 bits per heavy atom. The van der Waals surface area contributed by atoms with Gasteiger partial charge in [0.25, 0.3) is 0 Å². The third-order valence-corrected chi connectivity index (χ3v) is 6.14. The maximum Gasteiger partial charge on any atom is 0.228 e. The van der Waals surface area contributed by atoms with Crippen molar-refractivity contribution in [2.45, 2.75) is 38.8 Å². The number of aryl methyl sites for hydroxylation is 1. The lowest BCUT2D eigenvalue weighted by Crippen LogP contribution is -2.48. The molecular formula is C23H29N3O3. The molecule has 6 nitrogen and oxygen atoms in total. The number of anilines is 1. The number of amides is 2. The van der Waals surface area contributed by atoms with Crippen LogP contribution in [0.4, 0.5) is 5.69 Å². The highest BCUT2D eigenvalue weighted by Crippen LogP contribution is 2.29. The third-order valence-electron chi connectivity index (χ3n) is 6.14. The van der Waals surface area contributed by atoms with E-state index in [9.17, 15) is 9.59 Å². The van der Waals surface area contributed by atoms with Gasteiger partial charge in [-0.1, -0.05) is 17.7 Å². The number of nitrogens with zero attached hydrogens (tertiary/aromatic N) is 3. The lowest BCUT2D eigenvalue weighted by molar-refractivity contribution is -0.140. The normalized spacial score (nSPS) is 21.0. The molecule has 4 rings (SSSR count). The molecule has 1 aromatic heterocycles. The van der Waals surface area contributed by atoms with Crippen LogP contribution in [0.15, 0.2) is 47.1 Å². The van der Waals surface area contributed by atoms with Gasteiger partial charge in [-0.05, 0) is 64.2 Å². The molecule has 0 aliphatic carbocycles. The number of hydrogen-bond acceptors (Lipinski definition) is 4. The van der Waals surface area contributed by atoms with E-state index in [1.165, 1.54) is 0 Å². The quantitative estimate of drug-likeness (QED) is 0.781. The molecule has 2 saturated heterocycles. The first-order chi connectivity index (χ1) is 14.0. The van der Waals surface area contributed by atoms with Gasteiger partial charge in [0.15, 0.2) is 0 Å². The molecule has 0 bridgehead atoms. The Labute approximate surface area is 172 Å². The van der Waals surface area contributed by atoms with Crippen LogP contribution in [-0.2, 0) is 16.1 Å². The average Bonchev–Trinajstić information content (AvgIpc) is 3.37. The maximum absolute atomic E-state index is 13.5. The van der Waals surface area contributed by atoms with Crippen LogP contribution in [0.1, 0.15) is 30.6 Å². The SMILES string of the molecule is Cc1ccc(N2CC(C(=O)N(Cc3ccco3)C3CCN(C)CC3)CC2=O)cc1. The van der Waals surface area contributed by atoms with E-state index >= 15 is 0 Å². The predicted molar refractivity (Wildman–Crippen MR) is 111 cm³/mol. The summed E-state index contributed by atoms with van der Waals surface area (Å²) in [7, 11) is 2.12. The lowest BCUT2D eigenvalue weighted by Gasteiger charge is -2.38. The van der Waals surface area contributed by atoms with Gasteiger partial charge in [-0.25, -0.2) is 0 Å². The number of carbonyl (C=O) groups is 2. The Morgan fingerprint density at radius 1 is 1.17 bits per heavy atom. The van der Waals surface area contributed by atoms with E-state index in [1.54, 1.807) is 11.2 Å². The zero-order valence-corrected chi connectivity index (χ0v) is 17.2. The second-order valence-electron chi connectivity index (χ2n) is 8.32. The number of hydrogen-bond donors (Lipinski definition) is 0. The van der Waals surface area contributed by atoms with Gasteiger partial charge in [-0.3, -0.25) is 9.59 Å². The standard InChI is InChI=1S/C23H29N3O3/c1-17-5-7-19(8-6-17)25-15-18(14-22(25)27)23(28)26(16-21-4-3-13-29-21)20-9-11-24(2)12-10-20/h3-8,13,18,20H,9-12,14-16H2,1-2H3. The largest absolute Gasteiger partial charge is 0.467 e. The number of piperidine rings is 1. The first kappa shape index (κ1) is 19.7. The Hall–Kier alpha value is -2.60.